The third-order valence-electron chi connectivity index (χ3n) is 5.21. The quantitative estimate of drug-likeness (QED) is 0.841. The van der Waals surface area contributed by atoms with Gasteiger partial charge in [-0.25, -0.2) is 0 Å². The van der Waals surface area contributed by atoms with Crippen molar-refractivity contribution in [3.05, 3.63) is 28.6 Å². The van der Waals surface area contributed by atoms with Crippen molar-refractivity contribution in [1.82, 2.24) is 29.9 Å². The van der Waals surface area contributed by atoms with Crippen molar-refractivity contribution < 1.29 is 9.90 Å². The van der Waals surface area contributed by atoms with Crippen LogP contribution < -0.4 is 0 Å². The number of carbonyl (C=O) groups excluding carboxylic acids is 1. The number of aryl methyl sites for hydroxylation is 2. The van der Waals surface area contributed by atoms with Gasteiger partial charge in [0.05, 0.1) is 5.69 Å². The molecule has 0 bridgehead atoms. The standard InChI is InChI=1S/C17H26N6O2/c1-11-12(2)18-19-14(11)6-7-16(25)23-8-4-5-13(9-23)17-21-20-15(10-24)22(17)3/h13,24H,4-10H2,1-3H3,(H,18,19)/t13-/m1/s1. The minimum absolute atomic E-state index is 0.124. The number of hydrogen-bond acceptors (Lipinski definition) is 5. The first kappa shape index (κ1) is 17.6. The molecule has 3 heterocycles. The normalized spacial score (nSPS) is 17.9. The lowest BCUT2D eigenvalue weighted by molar-refractivity contribution is -0.132. The summed E-state index contributed by atoms with van der Waals surface area (Å²) in [6.45, 7) is 5.35. The number of piperidine rings is 1. The van der Waals surface area contributed by atoms with Gasteiger partial charge in [-0.3, -0.25) is 9.89 Å². The van der Waals surface area contributed by atoms with Crippen LogP contribution in [0.25, 0.3) is 0 Å². The molecule has 1 fully saturated rings. The average molecular weight is 346 g/mol. The Morgan fingerprint density at radius 1 is 1.36 bits per heavy atom. The summed E-state index contributed by atoms with van der Waals surface area (Å²) in [7, 11) is 1.87. The Morgan fingerprint density at radius 3 is 2.80 bits per heavy atom. The predicted octanol–water partition coefficient (Wildman–Crippen LogP) is 0.986. The summed E-state index contributed by atoms with van der Waals surface area (Å²) in [6, 6.07) is 0. The third-order valence-corrected chi connectivity index (χ3v) is 5.21. The summed E-state index contributed by atoms with van der Waals surface area (Å²) >= 11 is 0. The van der Waals surface area contributed by atoms with Crippen molar-refractivity contribution in [2.24, 2.45) is 7.05 Å². The molecule has 2 aromatic heterocycles. The van der Waals surface area contributed by atoms with E-state index in [4.69, 9.17) is 0 Å². The van der Waals surface area contributed by atoms with E-state index in [1.54, 1.807) is 0 Å². The Hall–Kier alpha value is -2.22. The van der Waals surface area contributed by atoms with Gasteiger partial charge in [0.25, 0.3) is 0 Å². The number of aromatic nitrogens is 5. The lowest BCUT2D eigenvalue weighted by Gasteiger charge is -2.32. The summed E-state index contributed by atoms with van der Waals surface area (Å²) in [5.74, 6) is 1.74. The molecule has 25 heavy (non-hydrogen) atoms. The van der Waals surface area contributed by atoms with Crippen LogP contribution in [0.2, 0.25) is 0 Å². The first-order valence-corrected chi connectivity index (χ1v) is 8.78. The fourth-order valence-corrected chi connectivity index (χ4v) is 3.45. The van der Waals surface area contributed by atoms with Gasteiger partial charge >= 0.3 is 0 Å². The zero-order chi connectivity index (χ0) is 18.0. The number of likely N-dealkylation sites (tertiary alicyclic amines) is 1. The Morgan fingerprint density at radius 2 is 2.16 bits per heavy atom. The molecule has 1 aliphatic rings. The monoisotopic (exact) mass is 346 g/mol. The number of nitrogens with one attached hydrogen (secondary N) is 1. The van der Waals surface area contributed by atoms with Crippen molar-refractivity contribution in [2.75, 3.05) is 13.1 Å². The number of carbonyl (C=O) groups is 1. The maximum absolute atomic E-state index is 12.6. The lowest BCUT2D eigenvalue weighted by atomic mass is 9.96. The summed E-state index contributed by atoms with van der Waals surface area (Å²) in [6.07, 6.45) is 3.07. The molecule has 0 unspecified atom stereocenters. The molecule has 1 aliphatic heterocycles. The molecule has 136 valence electrons. The Balaban J connectivity index is 1.61. The van der Waals surface area contributed by atoms with Gasteiger partial charge in [-0.05, 0) is 32.3 Å². The number of amides is 1. The first-order chi connectivity index (χ1) is 12.0. The number of aromatic amines is 1. The third kappa shape index (κ3) is 3.58. The van der Waals surface area contributed by atoms with Crippen molar-refractivity contribution in [1.29, 1.82) is 0 Å². The Bertz CT molecular complexity index is 750. The highest BCUT2D eigenvalue weighted by Crippen LogP contribution is 2.26. The van der Waals surface area contributed by atoms with E-state index in [1.165, 1.54) is 0 Å². The highest BCUT2D eigenvalue weighted by atomic mass is 16.3. The van der Waals surface area contributed by atoms with Crippen molar-refractivity contribution in [3.8, 4) is 0 Å². The summed E-state index contributed by atoms with van der Waals surface area (Å²) in [5.41, 5.74) is 3.17. The predicted molar refractivity (Wildman–Crippen MR) is 91.9 cm³/mol. The highest BCUT2D eigenvalue weighted by molar-refractivity contribution is 5.76. The van der Waals surface area contributed by atoms with E-state index >= 15 is 0 Å². The van der Waals surface area contributed by atoms with Gasteiger partial charge in [0.2, 0.25) is 5.91 Å². The molecule has 3 rings (SSSR count). The fraction of sp³-hybridized carbons (Fsp3) is 0.647. The van der Waals surface area contributed by atoms with Gasteiger partial charge in [-0.1, -0.05) is 0 Å². The second kappa shape index (κ2) is 7.35. The maximum Gasteiger partial charge on any atom is 0.222 e. The van der Waals surface area contributed by atoms with Crippen LogP contribution in [0.5, 0.6) is 0 Å². The maximum atomic E-state index is 12.6. The Kier molecular flexibility index (Phi) is 5.17. The van der Waals surface area contributed by atoms with Crippen LogP contribution in [0.3, 0.4) is 0 Å². The van der Waals surface area contributed by atoms with Gasteiger partial charge in [0.1, 0.15) is 12.4 Å². The number of rotatable bonds is 5. The van der Waals surface area contributed by atoms with E-state index in [1.807, 2.05) is 30.4 Å². The molecule has 0 saturated carbocycles. The summed E-state index contributed by atoms with van der Waals surface area (Å²) in [5, 5.41) is 24.8. The molecule has 8 heteroatoms. The van der Waals surface area contributed by atoms with Crippen LogP contribution in [0.15, 0.2) is 0 Å². The SMILES string of the molecule is Cc1[nH]nc(CCC(=O)N2CCC[C@@H](c3nnc(CO)n3C)C2)c1C. The minimum atomic E-state index is -0.124. The van der Waals surface area contributed by atoms with Gasteiger partial charge < -0.3 is 14.6 Å². The van der Waals surface area contributed by atoms with E-state index in [9.17, 15) is 9.90 Å². The molecule has 8 nitrogen and oxygen atoms in total. The van der Waals surface area contributed by atoms with Crippen LogP contribution in [0, 0.1) is 13.8 Å². The number of aliphatic hydroxyl groups excluding tert-OH is 1. The van der Waals surface area contributed by atoms with Gasteiger partial charge in [-0.2, -0.15) is 5.10 Å². The smallest absolute Gasteiger partial charge is 0.222 e. The molecule has 0 radical (unpaired) electrons. The molecule has 0 aliphatic carbocycles. The zero-order valence-corrected chi connectivity index (χ0v) is 15.1. The first-order valence-electron chi connectivity index (χ1n) is 8.78. The van der Waals surface area contributed by atoms with Crippen molar-refractivity contribution >= 4 is 5.91 Å². The van der Waals surface area contributed by atoms with E-state index < -0.39 is 0 Å². The van der Waals surface area contributed by atoms with Gasteiger partial charge in [0, 0.05) is 44.6 Å². The number of hydrogen-bond donors (Lipinski definition) is 2. The number of aliphatic hydroxyl groups is 1. The molecule has 2 N–H and O–H groups in total. The van der Waals surface area contributed by atoms with Crippen LogP contribution in [-0.4, -0.2) is 54.0 Å². The molecule has 1 atom stereocenters. The van der Waals surface area contributed by atoms with E-state index in [2.05, 4.69) is 20.4 Å². The molecular weight excluding hydrogens is 320 g/mol. The van der Waals surface area contributed by atoms with Gasteiger partial charge in [-0.15, -0.1) is 10.2 Å². The van der Waals surface area contributed by atoms with E-state index in [-0.39, 0.29) is 18.4 Å². The van der Waals surface area contributed by atoms with Crippen molar-refractivity contribution in [2.45, 2.75) is 52.1 Å². The number of nitrogens with zero attached hydrogens (tertiary/aromatic N) is 5. The molecule has 0 aromatic carbocycles. The molecule has 1 amide bonds. The van der Waals surface area contributed by atoms with Crippen LogP contribution in [0.4, 0.5) is 0 Å². The molecule has 2 aromatic rings. The molecule has 0 spiro atoms. The fourth-order valence-electron chi connectivity index (χ4n) is 3.45. The van der Waals surface area contributed by atoms with Crippen LogP contribution >= 0.6 is 0 Å². The second-order valence-corrected chi connectivity index (χ2v) is 6.79. The largest absolute Gasteiger partial charge is 0.388 e. The number of H-pyrrole nitrogens is 1. The zero-order valence-electron chi connectivity index (χ0n) is 15.1. The lowest BCUT2D eigenvalue weighted by Crippen LogP contribution is -2.39. The summed E-state index contributed by atoms with van der Waals surface area (Å²) in [4.78, 5) is 14.5. The topological polar surface area (TPSA) is 99.9 Å². The van der Waals surface area contributed by atoms with E-state index in [0.717, 1.165) is 42.2 Å². The Labute approximate surface area is 147 Å². The second-order valence-electron chi connectivity index (χ2n) is 6.79. The van der Waals surface area contributed by atoms with Crippen LogP contribution in [0.1, 0.15) is 53.8 Å². The van der Waals surface area contributed by atoms with E-state index in [0.29, 0.717) is 25.2 Å². The van der Waals surface area contributed by atoms with Crippen LogP contribution in [-0.2, 0) is 24.9 Å². The average Bonchev–Trinajstić information content (AvgIpc) is 3.16. The summed E-state index contributed by atoms with van der Waals surface area (Å²) < 4.78 is 1.84. The van der Waals surface area contributed by atoms with Gasteiger partial charge in [0.15, 0.2) is 5.82 Å². The molecule has 1 saturated heterocycles. The van der Waals surface area contributed by atoms with Crippen molar-refractivity contribution in [3.63, 3.8) is 0 Å². The molecular formula is C17H26N6O2. The minimum Gasteiger partial charge on any atom is -0.388 e. The highest BCUT2D eigenvalue weighted by Gasteiger charge is 2.28.